The molecule has 7 nitrogen and oxygen atoms in total. The molecule has 0 unspecified atom stereocenters. The lowest BCUT2D eigenvalue weighted by molar-refractivity contribution is -0.119. The standard InChI is InChI=1S/C25H27ClN4O3/c1-33-16-23(31)28-19-7-5-6-17(14-19)15-27-25(32)24-21-8-3-2-4-9-22(21)30(29-24)20-12-10-18(26)11-13-20/h5-7,10-14H,2-4,8-9,15-16H2,1H3,(H,27,32)(H,28,31). The Morgan fingerprint density at radius 2 is 1.88 bits per heavy atom. The Labute approximate surface area is 198 Å². The van der Waals surface area contributed by atoms with Crippen LogP contribution in [0.3, 0.4) is 0 Å². The average molecular weight is 467 g/mol. The molecule has 0 atom stereocenters. The average Bonchev–Trinajstić information content (AvgIpc) is 2.99. The van der Waals surface area contributed by atoms with Gasteiger partial charge >= 0.3 is 0 Å². The number of benzene rings is 2. The second kappa shape index (κ2) is 10.6. The lowest BCUT2D eigenvalue weighted by Crippen LogP contribution is -2.24. The van der Waals surface area contributed by atoms with Crippen LogP contribution in [0, 0.1) is 0 Å². The Hall–Kier alpha value is -3.16. The highest BCUT2D eigenvalue weighted by Gasteiger charge is 2.24. The largest absolute Gasteiger partial charge is 0.375 e. The van der Waals surface area contributed by atoms with E-state index in [1.54, 1.807) is 6.07 Å². The minimum absolute atomic E-state index is 0.0116. The molecule has 2 N–H and O–H groups in total. The van der Waals surface area contributed by atoms with E-state index in [9.17, 15) is 9.59 Å². The van der Waals surface area contributed by atoms with Crippen molar-refractivity contribution in [3.63, 3.8) is 0 Å². The number of halogens is 1. The van der Waals surface area contributed by atoms with E-state index in [1.165, 1.54) is 7.11 Å². The number of fused-ring (bicyclic) bond motifs is 1. The molecule has 1 aromatic heterocycles. The number of rotatable bonds is 7. The number of methoxy groups -OCH3 is 1. The Balaban J connectivity index is 1.53. The zero-order valence-electron chi connectivity index (χ0n) is 18.6. The van der Waals surface area contributed by atoms with E-state index >= 15 is 0 Å². The first-order valence-electron chi connectivity index (χ1n) is 11.1. The van der Waals surface area contributed by atoms with Crippen molar-refractivity contribution in [1.82, 2.24) is 15.1 Å². The molecule has 3 aromatic rings. The van der Waals surface area contributed by atoms with Crippen molar-refractivity contribution in [3.05, 3.63) is 76.1 Å². The fourth-order valence-electron chi connectivity index (χ4n) is 4.11. The van der Waals surface area contributed by atoms with Crippen molar-refractivity contribution in [2.45, 2.75) is 38.6 Å². The second-order valence-electron chi connectivity index (χ2n) is 8.09. The highest BCUT2D eigenvalue weighted by Crippen LogP contribution is 2.27. The molecular weight excluding hydrogens is 440 g/mol. The third-order valence-corrected chi connectivity index (χ3v) is 5.91. The molecule has 4 rings (SSSR count). The van der Waals surface area contributed by atoms with E-state index in [1.807, 2.05) is 47.1 Å². The zero-order chi connectivity index (χ0) is 23.2. The van der Waals surface area contributed by atoms with Gasteiger partial charge in [0.15, 0.2) is 5.69 Å². The van der Waals surface area contributed by atoms with E-state index in [-0.39, 0.29) is 18.4 Å². The summed E-state index contributed by atoms with van der Waals surface area (Å²) in [5.41, 5.74) is 5.04. The van der Waals surface area contributed by atoms with E-state index in [4.69, 9.17) is 21.4 Å². The van der Waals surface area contributed by atoms with E-state index in [0.717, 1.165) is 54.6 Å². The summed E-state index contributed by atoms with van der Waals surface area (Å²) >= 11 is 6.06. The van der Waals surface area contributed by atoms with Gasteiger partial charge in [0.1, 0.15) is 6.61 Å². The van der Waals surface area contributed by atoms with Crippen LogP contribution in [0.1, 0.15) is 46.6 Å². The summed E-state index contributed by atoms with van der Waals surface area (Å²) in [5.74, 6) is -0.427. The van der Waals surface area contributed by atoms with Crippen LogP contribution >= 0.6 is 11.6 Å². The molecule has 8 heteroatoms. The lowest BCUT2D eigenvalue weighted by atomic mass is 10.1. The molecule has 0 radical (unpaired) electrons. The number of aromatic nitrogens is 2. The lowest BCUT2D eigenvalue weighted by Gasteiger charge is -2.08. The first-order chi connectivity index (χ1) is 16.0. The van der Waals surface area contributed by atoms with E-state index in [0.29, 0.717) is 22.9 Å². The fraction of sp³-hybridized carbons (Fsp3) is 0.320. The van der Waals surface area contributed by atoms with Crippen molar-refractivity contribution in [1.29, 1.82) is 0 Å². The van der Waals surface area contributed by atoms with Crippen LogP contribution in [0.5, 0.6) is 0 Å². The van der Waals surface area contributed by atoms with E-state index < -0.39 is 0 Å². The molecule has 0 fully saturated rings. The van der Waals surface area contributed by atoms with Crippen LogP contribution in [-0.2, 0) is 28.9 Å². The van der Waals surface area contributed by atoms with E-state index in [2.05, 4.69) is 10.6 Å². The minimum atomic E-state index is -0.228. The highest BCUT2D eigenvalue weighted by molar-refractivity contribution is 6.30. The monoisotopic (exact) mass is 466 g/mol. The number of nitrogens with zero attached hydrogens (tertiary/aromatic N) is 2. The van der Waals surface area contributed by atoms with Crippen LogP contribution in [0.25, 0.3) is 5.69 Å². The van der Waals surface area contributed by atoms with Gasteiger partial charge in [-0.25, -0.2) is 4.68 Å². The molecule has 172 valence electrons. The number of hydrogen-bond donors (Lipinski definition) is 2. The van der Waals surface area contributed by atoms with Crippen molar-refractivity contribution in [2.24, 2.45) is 0 Å². The Morgan fingerprint density at radius 1 is 1.09 bits per heavy atom. The van der Waals surface area contributed by atoms with Crippen LogP contribution in [0.4, 0.5) is 5.69 Å². The van der Waals surface area contributed by atoms with Gasteiger partial charge in [0.05, 0.1) is 5.69 Å². The summed E-state index contributed by atoms with van der Waals surface area (Å²) < 4.78 is 6.73. The third kappa shape index (κ3) is 5.61. The molecule has 0 bridgehead atoms. The topological polar surface area (TPSA) is 85.2 Å². The molecule has 33 heavy (non-hydrogen) atoms. The molecule has 1 aliphatic rings. The summed E-state index contributed by atoms with van der Waals surface area (Å²) in [5, 5.41) is 11.1. The normalized spacial score (nSPS) is 13.2. The van der Waals surface area contributed by atoms with Gasteiger partial charge in [-0.3, -0.25) is 9.59 Å². The maximum atomic E-state index is 13.2. The summed E-state index contributed by atoms with van der Waals surface area (Å²) in [4.78, 5) is 24.9. The Bertz CT molecular complexity index is 1140. The van der Waals surface area contributed by atoms with Crippen LogP contribution in [0.2, 0.25) is 5.02 Å². The first-order valence-corrected chi connectivity index (χ1v) is 11.5. The number of nitrogens with one attached hydrogen (secondary N) is 2. The summed E-state index contributed by atoms with van der Waals surface area (Å²) in [6.07, 6.45) is 4.99. The molecule has 2 amide bonds. The number of ether oxygens (including phenoxy) is 1. The first kappa shape index (κ1) is 23.0. The summed E-state index contributed by atoms with van der Waals surface area (Å²) in [6, 6.07) is 14.9. The predicted octanol–water partition coefficient (Wildman–Crippen LogP) is 4.31. The molecule has 0 saturated heterocycles. The van der Waals surface area contributed by atoms with Crippen molar-refractivity contribution < 1.29 is 14.3 Å². The van der Waals surface area contributed by atoms with Crippen LogP contribution in [-0.4, -0.2) is 35.3 Å². The number of carbonyl (C=O) groups excluding carboxylic acids is 2. The number of amides is 2. The fourth-order valence-corrected chi connectivity index (χ4v) is 4.23. The molecule has 0 spiro atoms. The Morgan fingerprint density at radius 3 is 2.67 bits per heavy atom. The molecular formula is C25H27ClN4O3. The van der Waals surface area contributed by atoms with Gasteiger partial charge in [-0.2, -0.15) is 5.10 Å². The predicted molar refractivity (Wildman–Crippen MR) is 128 cm³/mol. The Kier molecular flexibility index (Phi) is 7.42. The third-order valence-electron chi connectivity index (χ3n) is 5.66. The quantitative estimate of drug-likeness (QED) is 0.508. The smallest absolute Gasteiger partial charge is 0.272 e. The van der Waals surface area contributed by atoms with Gasteiger partial charge in [-0.05, 0) is 67.6 Å². The van der Waals surface area contributed by atoms with Crippen LogP contribution in [0.15, 0.2) is 48.5 Å². The number of anilines is 1. The van der Waals surface area contributed by atoms with Gasteiger partial charge in [-0.15, -0.1) is 0 Å². The maximum absolute atomic E-state index is 13.2. The van der Waals surface area contributed by atoms with Crippen LogP contribution < -0.4 is 10.6 Å². The van der Waals surface area contributed by atoms with Gasteiger partial charge in [-0.1, -0.05) is 30.2 Å². The molecule has 1 heterocycles. The highest BCUT2D eigenvalue weighted by atomic mass is 35.5. The minimum Gasteiger partial charge on any atom is -0.375 e. The zero-order valence-corrected chi connectivity index (χ0v) is 19.3. The van der Waals surface area contributed by atoms with Crippen molar-refractivity contribution >= 4 is 29.1 Å². The SMILES string of the molecule is COCC(=O)Nc1cccc(CNC(=O)c2nn(-c3ccc(Cl)cc3)c3c2CCCCC3)c1. The summed E-state index contributed by atoms with van der Waals surface area (Å²) in [7, 11) is 1.47. The molecule has 0 saturated carbocycles. The molecule has 1 aliphatic carbocycles. The molecule has 0 aliphatic heterocycles. The van der Waals surface area contributed by atoms with Gasteiger partial charge in [0.25, 0.3) is 5.91 Å². The molecule has 2 aromatic carbocycles. The number of carbonyl (C=O) groups is 2. The van der Waals surface area contributed by atoms with Crippen molar-refractivity contribution in [3.8, 4) is 5.69 Å². The van der Waals surface area contributed by atoms with Gasteiger partial charge < -0.3 is 15.4 Å². The summed E-state index contributed by atoms with van der Waals surface area (Å²) in [6.45, 7) is 0.317. The van der Waals surface area contributed by atoms with Crippen molar-refractivity contribution in [2.75, 3.05) is 19.0 Å². The number of hydrogen-bond acceptors (Lipinski definition) is 4. The van der Waals surface area contributed by atoms with Gasteiger partial charge in [0, 0.05) is 35.6 Å². The van der Waals surface area contributed by atoms with Gasteiger partial charge in [0.2, 0.25) is 5.91 Å². The maximum Gasteiger partial charge on any atom is 0.272 e. The second-order valence-corrected chi connectivity index (χ2v) is 8.52.